The largest absolute Gasteiger partial charge is 0.384 e. The van der Waals surface area contributed by atoms with Crippen LogP contribution in [0.1, 0.15) is 30.1 Å². The summed E-state index contributed by atoms with van der Waals surface area (Å²) in [4.78, 5) is 6.92. The molecule has 1 aliphatic carbocycles. The highest BCUT2D eigenvalue weighted by molar-refractivity contribution is 5.91. The van der Waals surface area contributed by atoms with Gasteiger partial charge in [-0.2, -0.15) is 5.10 Å². The van der Waals surface area contributed by atoms with Crippen LogP contribution in [0.3, 0.4) is 0 Å². The summed E-state index contributed by atoms with van der Waals surface area (Å²) in [5.41, 5.74) is 4.44. The fraction of sp³-hybridized carbons (Fsp3) is 0.381. The van der Waals surface area contributed by atoms with Gasteiger partial charge in [0.2, 0.25) is 0 Å². The molecule has 1 aromatic carbocycles. The summed E-state index contributed by atoms with van der Waals surface area (Å²) in [5, 5.41) is 13.6. The van der Waals surface area contributed by atoms with Crippen molar-refractivity contribution >= 4 is 22.4 Å². The van der Waals surface area contributed by atoms with Crippen LogP contribution in [0, 0.1) is 12.8 Å². The number of rotatable bonds is 5. The Morgan fingerprint density at radius 2 is 1.92 bits per heavy atom. The minimum absolute atomic E-state index is 0.632. The van der Waals surface area contributed by atoms with E-state index in [-0.39, 0.29) is 0 Å². The molecule has 3 aromatic rings. The Morgan fingerprint density at radius 1 is 1.08 bits per heavy atom. The van der Waals surface area contributed by atoms with Gasteiger partial charge in [0.25, 0.3) is 0 Å². The average Bonchev–Trinajstić information content (AvgIpc) is 3.46. The second-order valence-electron chi connectivity index (χ2n) is 7.57. The molecular weight excluding hydrogens is 322 g/mol. The Labute approximate surface area is 153 Å². The molecule has 0 atom stereocenters. The number of nitrogens with zero attached hydrogens (tertiary/aromatic N) is 4. The molecule has 0 unspecified atom stereocenters. The molecule has 0 spiro atoms. The van der Waals surface area contributed by atoms with Crippen LogP contribution in [0.5, 0.6) is 0 Å². The standard InChI is InChI=1S/C21H23N5/c1-14-10-20(17-4-2-3-5-19(17)23-14)22-11-15-12-26(13-15)21-9-8-18(24-25-21)16-6-7-16/h2-5,8-10,15-16H,6-7,11-13H2,1H3,(H,22,23). The highest BCUT2D eigenvalue weighted by Crippen LogP contribution is 2.39. The van der Waals surface area contributed by atoms with Crippen LogP contribution in [0.25, 0.3) is 10.9 Å². The van der Waals surface area contributed by atoms with E-state index in [1.54, 1.807) is 0 Å². The van der Waals surface area contributed by atoms with Crippen molar-refractivity contribution in [2.24, 2.45) is 5.92 Å². The second-order valence-corrected chi connectivity index (χ2v) is 7.57. The van der Waals surface area contributed by atoms with Gasteiger partial charge in [0.05, 0.1) is 11.2 Å². The van der Waals surface area contributed by atoms with Crippen molar-refractivity contribution < 1.29 is 0 Å². The van der Waals surface area contributed by atoms with Crippen LogP contribution < -0.4 is 10.2 Å². The topological polar surface area (TPSA) is 53.9 Å². The van der Waals surface area contributed by atoms with Crippen LogP contribution >= 0.6 is 0 Å². The minimum atomic E-state index is 0.632. The van der Waals surface area contributed by atoms with E-state index in [2.05, 4.69) is 61.8 Å². The number of hydrogen-bond acceptors (Lipinski definition) is 5. The molecule has 1 aliphatic heterocycles. The predicted octanol–water partition coefficient (Wildman–Crippen LogP) is 3.76. The van der Waals surface area contributed by atoms with Crippen molar-refractivity contribution in [1.29, 1.82) is 0 Å². The monoisotopic (exact) mass is 345 g/mol. The van der Waals surface area contributed by atoms with E-state index in [1.165, 1.54) is 23.9 Å². The van der Waals surface area contributed by atoms with Gasteiger partial charge in [0.15, 0.2) is 5.82 Å². The third-order valence-electron chi connectivity index (χ3n) is 5.37. The van der Waals surface area contributed by atoms with Crippen LogP contribution in [0.4, 0.5) is 11.5 Å². The molecule has 26 heavy (non-hydrogen) atoms. The first-order chi connectivity index (χ1) is 12.8. The zero-order valence-corrected chi connectivity index (χ0v) is 15.0. The minimum Gasteiger partial charge on any atom is -0.384 e. The maximum Gasteiger partial charge on any atom is 0.151 e. The Morgan fingerprint density at radius 3 is 2.69 bits per heavy atom. The van der Waals surface area contributed by atoms with Crippen LogP contribution in [0.2, 0.25) is 0 Å². The number of fused-ring (bicyclic) bond motifs is 1. The van der Waals surface area contributed by atoms with Gasteiger partial charge in [-0.05, 0) is 44.0 Å². The van der Waals surface area contributed by atoms with Crippen molar-refractivity contribution in [1.82, 2.24) is 15.2 Å². The average molecular weight is 345 g/mol. The van der Waals surface area contributed by atoms with Crippen molar-refractivity contribution in [3.63, 3.8) is 0 Å². The van der Waals surface area contributed by atoms with Gasteiger partial charge in [0.1, 0.15) is 0 Å². The smallest absolute Gasteiger partial charge is 0.151 e. The van der Waals surface area contributed by atoms with E-state index >= 15 is 0 Å². The lowest BCUT2D eigenvalue weighted by Crippen LogP contribution is -2.50. The first kappa shape index (κ1) is 15.6. The molecule has 2 aromatic heterocycles. The summed E-state index contributed by atoms with van der Waals surface area (Å²) in [6, 6.07) is 14.7. The third-order valence-corrected chi connectivity index (χ3v) is 5.37. The Balaban J connectivity index is 1.20. The highest BCUT2D eigenvalue weighted by atomic mass is 15.3. The normalized spacial score (nSPS) is 17.3. The Bertz CT molecular complexity index is 927. The van der Waals surface area contributed by atoms with E-state index in [0.29, 0.717) is 11.8 Å². The lowest BCUT2D eigenvalue weighted by molar-refractivity contribution is 0.425. The van der Waals surface area contributed by atoms with Crippen molar-refractivity contribution in [2.75, 3.05) is 29.9 Å². The van der Waals surface area contributed by atoms with Crippen molar-refractivity contribution in [2.45, 2.75) is 25.7 Å². The van der Waals surface area contributed by atoms with Gasteiger partial charge in [0, 0.05) is 48.2 Å². The molecule has 3 heterocycles. The van der Waals surface area contributed by atoms with E-state index in [1.807, 2.05) is 13.0 Å². The third kappa shape index (κ3) is 2.98. The van der Waals surface area contributed by atoms with E-state index < -0.39 is 0 Å². The van der Waals surface area contributed by atoms with Crippen molar-refractivity contribution in [3.05, 3.63) is 53.9 Å². The van der Waals surface area contributed by atoms with Gasteiger partial charge < -0.3 is 10.2 Å². The van der Waals surface area contributed by atoms with Gasteiger partial charge >= 0.3 is 0 Å². The van der Waals surface area contributed by atoms with Crippen LogP contribution in [0.15, 0.2) is 42.5 Å². The molecule has 1 saturated heterocycles. The number of para-hydroxylation sites is 1. The zero-order valence-electron chi connectivity index (χ0n) is 15.0. The van der Waals surface area contributed by atoms with Crippen LogP contribution in [-0.4, -0.2) is 34.8 Å². The summed E-state index contributed by atoms with van der Waals surface area (Å²) in [7, 11) is 0. The number of hydrogen-bond donors (Lipinski definition) is 1. The summed E-state index contributed by atoms with van der Waals surface area (Å²) in [6.45, 7) is 5.09. The Hall–Kier alpha value is -2.69. The first-order valence-electron chi connectivity index (χ1n) is 9.45. The molecule has 0 radical (unpaired) electrons. The van der Waals surface area contributed by atoms with Gasteiger partial charge in [-0.25, -0.2) is 0 Å². The molecule has 5 nitrogen and oxygen atoms in total. The first-order valence-corrected chi connectivity index (χ1v) is 9.45. The summed E-state index contributed by atoms with van der Waals surface area (Å²) in [5.74, 6) is 2.31. The number of aryl methyl sites for hydroxylation is 1. The number of anilines is 2. The van der Waals surface area contributed by atoms with E-state index in [4.69, 9.17) is 0 Å². The quantitative estimate of drug-likeness (QED) is 0.763. The molecule has 132 valence electrons. The van der Waals surface area contributed by atoms with Crippen molar-refractivity contribution in [3.8, 4) is 0 Å². The van der Waals surface area contributed by atoms with Crippen LogP contribution in [-0.2, 0) is 0 Å². The lowest BCUT2D eigenvalue weighted by atomic mass is 10.00. The molecular formula is C21H23N5. The lowest BCUT2D eigenvalue weighted by Gasteiger charge is -2.40. The summed E-state index contributed by atoms with van der Waals surface area (Å²) < 4.78 is 0. The number of nitrogens with one attached hydrogen (secondary N) is 1. The molecule has 1 saturated carbocycles. The molecule has 2 aliphatic rings. The zero-order chi connectivity index (χ0) is 17.5. The maximum atomic E-state index is 4.61. The summed E-state index contributed by atoms with van der Waals surface area (Å²) >= 11 is 0. The van der Waals surface area contributed by atoms with Gasteiger partial charge in [-0.3, -0.25) is 4.98 Å². The fourth-order valence-corrected chi connectivity index (χ4v) is 3.70. The van der Waals surface area contributed by atoms with E-state index in [9.17, 15) is 0 Å². The van der Waals surface area contributed by atoms with Gasteiger partial charge in [-0.1, -0.05) is 18.2 Å². The molecule has 2 fully saturated rings. The van der Waals surface area contributed by atoms with Gasteiger partial charge in [-0.15, -0.1) is 5.10 Å². The maximum absolute atomic E-state index is 4.61. The fourth-order valence-electron chi connectivity index (χ4n) is 3.70. The SMILES string of the molecule is Cc1cc(NCC2CN(c3ccc(C4CC4)nn3)C2)c2ccccc2n1. The molecule has 0 bridgehead atoms. The van der Waals surface area contributed by atoms with E-state index in [0.717, 1.165) is 42.4 Å². The molecule has 0 amide bonds. The molecule has 5 heteroatoms. The molecule has 5 rings (SSSR count). The number of benzene rings is 1. The highest BCUT2D eigenvalue weighted by Gasteiger charge is 2.29. The molecule has 1 N–H and O–H groups in total. The number of aromatic nitrogens is 3. The Kier molecular flexibility index (Phi) is 3.73. The predicted molar refractivity (Wildman–Crippen MR) is 105 cm³/mol. The number of pyridine rings is 1. The summed E-state index contributed by atoms with van der Waals surface area (Å²) in [6.07, 6.45) is 2.54. The second kappa shape index (κ2) is 6.24.